The van der Waals surface area contributed by atoms with E-state index >= 15 is 0 Å². The maximum atomic E-state index is 11.7. The van der Waals surface area contributed by atoms with E-state index in [4.69, 9.17) is 0 Å². The summed E-state index contributed by atoms with van der Waals surface area (Å²) in [6.45, 7) is 4.65. The normalized spacial score (nSPS) is 10.0. The zero-order chi connectivity index (χ0) is 17.1. The molecule has 0 aliphatic carbocycles. The van der Waals surface area contributed by atoms with E-state index in [9.17, 15) is 14.4 Å². The topological polar surface area (TPSA) is 99.3 Å². The molecule has 4 amide bonds. The third kappa shape index (κ3) is 8.45. The third-order valence-electron chi connectivity index (χ3n) is 2.82. The van der Waals surface area contributed by atoms with E-state index in [2.05, 4.69) is 21.3 Å². The predicted octanol–water partition coefficient (Wildman–Crippen LogP) is 0.630. The molecule has 0 saturated heterocycles. The molecule has 7 nitrogen and oxygen atoms in total. The summed E-state index contributed by atoms with van der Waals surface area (Å²) in [6, 6.07) is 8.58. The first-order valence-corrected chi connectivity index (χ1v) is 7.63. The number of amides is 4. The van der Waals surface area contributed by atoms with Crippen molar-refractivity contribution >= 4 is 17.8 Å². The highest BCUT2D eigenvalue weighted by Crippen LogP contribution is 1.96. The molecule has 7 heteroatoms. The van der Waals surface area contributed by atoms with Gasteiger partial charge < -0.3 is 21.3 Å². The summed E-state index contributed by atoms with van der Waals surface area (Å²) >= 11 is 0. The Morgan fingerprint density at radius 2 is 1.52 bits per heavy atom. The van der Waals surface area contributed by atoms with Gasteiger partial charge in [-0.3, -0.25) is 9.59 Å². The van der Waals surface area contributed by atoms with Crippen LogP contribution < -0.4 is 21.3 Å². The van der Waals surface area contributed by atoms with Crippen LogP contribution in [0.2, 0.25) is 0 Å². The van der Waals surface area contributed by atoms with Crippen molar-refractivity contribution in [3.8, 4) is 0 Å². The summed E-state index contributed by atoms with van der Waals surface area (Å²) in [5, 5.41) is 10.6. The van der Waals surface area contributed by atoms with Gasteiger partial charge in [0.2, 0.25) is 5.91 Å². The van der Waals surface area contributed by atoms with Crippen LogP contribution in [0.3, 0.4) is 0 Å². The first kappa shape index (κ1) is 18.5. The van der Waals surface area contributed by atoms with Crippen molar-refractivity contribution in [1.82, 2.24) is 21.3 Å². The van der Waals surface area contributed by atoms with Crippen molar-refractivity contribution in [3.63, 3.8) is 0 Å². The standard InChI is InChI=1S/C16H24N4O3/c1-12(2)20-14(21)8-9-18-16(23)19-11-10-17-15(22)13-6-4-3-5-7-13/h3-7,12H,8-11H2,1-2H3,(H,17,22)(H,20,21)(H2,18,19,23). The van der Waals surface area contributed by atoms with Crippen LogP contribution in [0.5, 0.6) is 0 Å². The summed E-state index contributed by atoms with van der Waals surface area (Å²) in [5.74, 6) is -0.284. The number of hydrogen-bond acceptors (Lipinski definition) is 3. The summed E-state index contributed by atoms with van der Waals surface area (Å²) < 4.78 is 0. The molecule has 4 N–H and O–H groups in total. The van der Waals surface area contributed by atoms with E-state index in [1.807, 2.05) is 19.9 Å². The van der Waals surface area contributed by atoms with Crippen LogP contribution in [-0.4, -0.2) is 43.5 Å². The van der Waals surface area contributed by atoms with Crippen molar-refractivity contribution in [3.05, 3.63) is 35.9 Å². The van der Waals surface area contributed by atoms with Gasteiger partial charge in [-0.05, 0) is 26.0 Å². The quantitative estimate of drug-likeness (QED) is 0.529. The second kappa shape index (κ2) is 10.2. The fourth-order valence-corrected chi connectivity index (χ4v) is 1.79. The lowest BCUT2D eigenvalue weighted by Crippen LogP contribution is -2.41. The molecule has 126 valence electrons. The van der Waals surface area contributed by atoms with Crippen molar-refractivity contribution in [2.75, 3.05) is 19.6 Å². The molecule has 1 rings (SSSR count). The minimum absolute atomic E-state index is 0.0875. The van der Waals surface area contributed by atoms with E-state index in [1.54, 1.807) is 24.3 Å². The average Bonchev–Trinajstić information content (AvgIpc) is 2.51. The molecule has 0 saturated carbocycles. The van der Waals surface area contributed by atoms with Crippen molar-refractivity contribution in [2.24, 2.45) is 0 Å². The van der Waals surface area contributed by atoms with Gasteiger partial charge in [0.15, 0.2) is 0 Å². The van der Waals surface area contributed by atoms with E-state index in [0.717, 1.165) is 0 Å². The van der Waals surface area contributed by atoms with E-state index < -0.39 is 0 Å². The number of carbonyl (C=O) groups excluding carboxylic acids is 3. The lowest BCUT2D eigenvalue weighted by Gasteiger charge is -2.10. The first-order chi connectivity index (χ1) is 11.0. The molecular weight excluding hydrogens is 296 g/mol. The van der Waals surface area contributed by atoms with Gasteiger partial charge in [0.25, 0.3) is 5.91 Å². The molecule has 0 spiro atoms. The second-order valence-electron chi connectivity index (χ2n) is 5.28. The number of carbonyl (C=O) groups is 3. The smallest absolute Gasteiger partial charge is 0.314 e. The molecule has 0 atom stereocenters. The predicted molar refractivity (Wildman–Crippen MR) is 88.1 cm³/mol. The highest BCUT2D eigenvalue weighted by atomic mass is 16.2. The molecule has 0 radical (unpaired) electrons. The van der Waals surface area contributed by atoms with Gasteiger partial charge >= 0.3 is 6.03 Å². The number of hydrogen-bond donors (Lipinski definition) is 4. The van der Waals surface area contributed by atoms with Crippen LogP contribution in [-0.2, 0) is 4.79 Å². The van der Waals surface area contributed by atoms with E-state index in [1.165, 1.54) is 0 Å². The maximum Gasteiger partial charge on any atom is 0.314 e. The minimum Gasteiger partial charge on any atom is -0.354 e. The summed E-state index contributed by atoms with van der Waals surface area (Å²) in [6.07, 6.45) is 0.232. The fourth-order valence-electron chi connectivity index (χ4n) is 1.79. The van der Waals surface area contributed by atoms with E-state index in [-0.39, 0.29) is 36.9 Å². The number of urea groups is 1. The molecule has 0 aliphatic rings. The van der Waals surface area contributed by atoms with Crippen LogP contribution in [0.1, 0.15) is 30.6 Å². The van der Waals surface area contributed by atoms with Gasteiger partial charge in [-0.1, -0.05) is 18.2 Å². The number of rotatable bonds is 8. The van der Waals surface area contributed by atoms with Gasteiger partial charge in [-0.2, -0.15) is 0 Å². The zero-order valence-corrected chi connectivity index (χ0v) is 13.5. The summed E-state index contributed by atoms with van der Waals surface area (Å²) in [4.78, 5) is 34.6. The fraction of sp³-hybridized carbons (Fsp3) is 0.438. The lowest BCUT2D eigenvalue weighted by atomic mass is 10.2. The Morgan fingerprint density at radius 1 is 0.913 bits per heavy atom. The molecule has 0 heterocycles. The molecule has 0 fully saturated rings. The highest BCUT2D eigenvalue weighted by Gasteiger charge is 2.06. The zero-order valence-electron chi connectivity index (χ0n) is 13.5. The van der Waals surface area contributed by atoms with Crippen molar-refractivity contribution in [1.29, 1.82) is 0 Å². The van der Waals surface area contributed by atoms with Crippen LogP contribution in [0.25, 0.3) is 0 Å². The summed E-state index contributed by atoms with van der Waals surface area (Å²) in [5.41, 5.74) is 0.577. The average molecular weight is 320 g/mol. The number of nitrogens with one attached hydrogen (secondary N) is 4. The molecule has 1 aromatic rings. The third-order valence-corrected chi connectivity index (χ3v) is 2.82. The second-order valence-corrected chi connectivity index (χ2v) is 5.28. The molecule has 23 heavy (non-hydrogen) atoms. The molecule has 0 bridgehead atoms. The Hall–Kier alpha value is -2.57. The largest absolute Gasteiger partial charge is 0.354 e. The van der Waals surface area contributed by atoms with Crippen LogP contribution in [0.15, 0.2) is 30.3 Å². The summed E-state index contributed by atoms with van der Waals surface area (Å²) in [7, 11) is 0. The highest BCUT2D eigenvalue weighted by molar-refractivity contribution is 5.94. The Balaban J connectivity index is 2.08. The molecule has 0 aliphatic heterocycles. The molecule has 1 aromatic carbocycles. The van der Waals surface area contributed by atoms with Gasteiger partial charge in [0.1, 0.15) is 0 Å². The minimum atomic E-state index is -0.365. The first-order valence-electron chi connectivity index (χ1n) is 7.63. The van der Waals surface area contributed by atoms with Crippen LogP contribution in [0, 0.1) is 0 Å². The Morgan fingerprint density at radius 3 is 2.17 bits per heavy atom. The molecule has 0 unspecified atom stereocenters. The maximum absolute atomic E-state index is 11.7. The van der Waals surface area contributed by atoms with Crippen LogP contribution in [0.4, 0.5) is 4.79 Å². The van der Waals surface area contributed by atoms with Gasteiger partial charge in [-0.25, -0.2) is 4.79 Å². The molecule has 0 aromatic heterocycles. The van der Waals surface area contributed by atoms with Gasteiger partial charge in [0, 0.05) is 37.7 Å². The van der Waals surface area contributed by atoms with Crippen molar-refractivity contribution in [2.45, 2.75) is 26.3 Å². The Labute approximate surface area is 136 Å². The van der Waals surface area contributed by atoms with E-state index in [0.29, 0.717) is 18.7 Å². The Kier molecular flexibility index (Phi) is 8.20. The van der Waals surface area contributed by atoms with Crippen molar-refractivity contribution < 1.29 is 14.4 Å². The number of benzene rings is 1. The SMILES string of the molecule is CC(C)NC(=O)CCNC(=O)NCCNC(=O)c1ccccc1. The van der Waals surface area contributed by atoms with Crippen LogP contribution >= 0.6 is 0 Å². The van der Waals surface area contributed by atoms with Gasteiger partial charge in [-0.15, -0.1) is 0 Å². The molecular formula is C16H24N4O3. The van der Waals surface area contributed by atoms with Gasteiger partial charge in [0.05, 0.1) is 0 Å². The lowest BCUT2D eigenvalue weighted by molar-refractivity contribution is -0.121. The Bertz CT molecular complexity index is 517. The monoisotopic (exact) mass is 320 g/mol.